The molecule has 1 saturated heterocycles. The van der Waals surface area contributed by atoms with Gasteiger partial charge in [0.05, 0.1) is 5.25 Å². The molecule has 114 valence electrons. The Balaban J connectivity index is 1.76. The van der Waals surface area contributed by atoms with E-state index < -0.39 is 0 Å². The molecule has 2 amide bonds. The Kier molecular flexibility index (Phi) is 3.54. The normalized spacial score (nSPS) is 19.9. The second-order valence-electron chi connectivity index (χ2n) is 5.74. The van der Waals surface area contributed by atoms with E-state index in [9.17, 15) is 9.59 Å². The Labute approximate surface area is 138 Å². The van der Waals surface area contributed by atoms with Crippen molar-refractivity contribution < 1.29 is 9.59 Å². The van der Waals surface area contributed by atoms with Crippen LogP contribution in [-0.2, 0) is 11.2 Å². The number of amides is 2. The number of allylic oxidation sites excluding steroid dienone is 2. The summed E-state index contributed by atoms with van der Waals surface area (Å²) in [4.78, 5) is 23.4. The van der Waals surface area contributed by atoms with Gasteiger partial charge in [0.1, 0.15) is 0 Å². The Morgan fingerprint density at radius 2 is 1.74 bits per heavy atom. The van der Waals surface area contributed by atoms with Crippen LogP contribution in [0.5, 0.6) is 0 Å². The first kappa shape index (κ1) is 14.3. The van der Waals surface area contributed by atoms with Crippen LogP contribution in [0.1, 0.15) is 23.1 Å². The zero-order valence-electron chi connectivity index (χ0n) is 12.4. The summed E-state index contributed by atoms with van der Waals surface area (Å²) in [5.41, 5.74) is 6.14. The summed E-state index contributed by atoms with van der Waals surface area (Å²) in [6, 6.07) is 18.6. The Hall–Kier alpha value is -2.33. The van der Waals surface area contributed by atoms with E-state index in [-0.39, 0.29) is 16.4 Å². The van der Waals surface area contributed by atoms with E-state index in [2.05, 4.69) is 29.6 Å². The zero-order valence-corrected chi connectivity index (χ0v) is 13.2. The number of fused-ring (bicyclic) bond motifs is 1. The van der Waals surface area contributed by atoms with Gasteiger partial charge in [0.2, 0.25) is 5.91 Å². The van der Waals surface area contributed by atoms with Crippen molar-refractivity contribution in [3.8, 4) is 0 Å². The van der Waals surface area contributed by atoms with Crippen molar-refractivity contribution in [1.29, 1.82) is 0 Å². The van der Waals surface area contributed by atoms with Gasteiger partial charge in [0, 0.05) is 0 Å². The van der Waals surface area contributed by atoms with E-state index >= 15 is 0 Å². The van der Waals surface area contributed by atoms with Crippen LogP contribution in [0, 0.1) is 0 Å². The van der Waals surface area contributed by atoms with E-state index in [0.29, 0.717) is 6.42 Å². The number of carbonyl (C=O) groups is 2. The molecule has 1 N–H and O–H groups in total. The van der Waals surface area contributed by atoms with Crippen LogP contribution in [0.25, 0.3) is 11.1 Å². The molecule has 0 bridgehead atoms. The van der Waals surface area contributed by atoms with Gasteiger partial charge in [-0.2, -0.15) is 0 Å². The fourth-order valence-electron chi connectivity index (χ4n) is 3.29. The molecule has 4 heteroatoms. The molecule has 0 saturated carbocycles. The monoisotopic (exact) mass is 321 g/mol. The van der Waals surface area contributed by atoms with Gasteiger partial charge in [0.15, 0.2) is 0 Å². The van der Waals surface area contributed by atoms with Gasteiger partial charge >= 0.3 is 0 Å². The molecule has 2 aromatic rings. The highest BCUT2D eigenvalue weighted by Crippen LogP contribution is 2.42. The number of hydrogen-bond acceptors (Lipinski definition) is 3. The third-order valence-electron chi connectivity index (χ3n) is 4.35. The predicted octanol–water partition coefficient (Wildman–Crippen LogP) is 3.90. The zero-order chi connectivity index (χ0) is 15.8. The largest absolute Gasteiger partial charge is 0.286 e. The van der Waals surface area contributed by atoms with E-state index in [1.165, 1.54) is 27.8 Å². The minimum Gasteiger partial charge on any atom is -0.286 e. The Morgan fingerprint density at radius 1 is 1.00 bits per heavy atom. The standard InChI is InChI=1S/C19H15NO2S/c21-18-17(23-19(22)20-18)11-16-14-9-5-4-8-13(14)10-15(16)12-6-2-1-3-7-12/h1-9,17H,10-11H2,(H,20,21,22). The lowest BCUT2D eigenvalue weighted by Gasteiger charge is -2.11. The summed E-state index contributed by atoms with van der Waals surface area (Å²) >= 11 is 1.10. The van der Waals surface area contributed by atoms with Gasteiger partial charge in [-0.25, -0.2) is 0 Å². The third kappa shape index (κ3) is 2.59. The number of benzene rings is 2. The van der Waals surface area contributed by atoms with Crippen molar-refractivity contribution in [2.45, 2.75) is 18.1 Å². The molecule has 2 aliphatic rings. The lowest BCUT2D eigenvalue weighted by atomic mass is 9.96. The molecule has 0 spiro atoms. The minimum absolute atomic E-state index is 0.177. The van der Waals surface area contributed by atoms with Crippen molar-refractivity contribution in [2.24, 2.45) is 0 Å². The topological polar surface area (TPSA) is 46.2 Å². The van der Waals surface area contributed by atoms with E-state index in [1.54, 1.807) is 0 Å². The molecule has 1 unspecified atom stereocenters. The fourth-order valence-corrected chi connectivity index (χ4v) is 4.12. The van der Waals surface area contributed by atoms with Gasteiger partial charge in [-0.3, -0.25) is 14.9 Å². The first-order valence-electron chi connectivity index (χ1n) is 7.59. The first-order valence-corrected chi connectivity index (χ1v) is 8.47. The maximum Gasteiger partial charge on any atom is 0.286 e. The van der Waals surface area contributed by atoms with Crippen molar-refractivity contribution in [2.75, 3.05) is 0 Å². The smallest absolute Gasteiger partial charge is 0.286 e. The molecule has 1 heterocycles. The molecule has 2 aromatic carbocycles. The Bertz CT molecular complexity index is 826. The molecule has 1 fully saturated rings. The highest BCUT2D eigenvalue weighted by atomic mass is 32.2. The van der Waals surface area contributed by atoms with E-state index in [1.807, 2.05) is 30.3 Å². The SMILES string of the molecule is O=C1NC(=O)C(CC2=C(c3ccccc3)Cc3ccccc32)S1. The van der Waals surface area contributed by atoms with E-state index in [4.69, 9.17) is 0 Å². The summed E-state index contributed by atoms with van der Waals surface area (Å²) in [5.74, 6) is -0.177. The highest BCUT2D eigenvalue weighted by Gasteiger charge is 2.34. The maximum absolute atomic E-state index is 12.0. The second kappa shape index (κ2) is 5.70. The van der Waals surface area contributed by atoms with Gasteiger partial charge in [-0.05, 0) is 40.7 Å². The van der Waals surface area contributed by atoms with Crippen LogP contribution < -0.4 is 5.32 Å². The van der Waals surface area contributed by atoms with Gasteiger partial charge < -0.3 is 0 Å². The van der Waals surface area contributed by atoms with Crippen molar-refractivity contribution in [3.05, 3.63) is 71.3 Å². The van der Waals surface area contributed by atoms with Crippen LogP contribution in [0.2, 0.25) is 0 Å². The van der Waals surface area contributed by atoms with Crippen LogP contribution in [0.15, 0.2) is 54.6 Å². The molecule has 4 rings (SSSR count). The predicted molar refractivity (Wildman–Crippen MR) is 92.9 cm³/mol. The van der Waals surface area contributed by atoms with Crippen LogP contribution in [-0.4, -0.2) is 16.4 Å². The summed E-state index contributed by atoms with van der Waals surface area (Å²) in [6.07, 6.45) is 1.46. The molecule has 0 aromatic heterocycles. The molecule has 1 atom stereocenters. The number of nitrogens with one attached hydrogen (secondary N) is 1. The first-order chi connectivity index (χ1) is 11.2. The summed E-state index contributed by atoms with van der Waals surface area (Å²) in [7, 11) is 0. The lowest BCUT2D eigenvalue weighted by Crippen LogP contribution is -2.24. The number of carbonyl (C=O) groups excluding carboxylic acids is 2. The molecule has 1 aliphatic carbocycles. The van der Waals surface area contributed by atoms with Gasteiger partial charge in [-0.1, -0.05) is 66.4 Å². The number of hydrogen-bond donors (Lipinski definition) is 1. The van der Waals surface area contributed by atoms with Gasteiger partial charge in [0.25, 0.3) is 5.24 Å². The highest BCUT2D eigenvalue weighted by molar-refractivity contribution is 8.15. The summed E-state index contributed by atoms with van der Waals surface area (Å²) < 4.78 is 0. The van der Waals surface area contributed by atoms with E-state index in [0.717, 1.165) is 18.2 Å². The summed E-state index contributed by atoms with van der Waals surface area (Å²) in [6.45, 7) is 0. The summed E-state index contributed by atoms with van der Waals surface area (Å²) in [5, 5.41) is 1.81. The average molecular weight is 321 g/mol. The van der Waals surface area contributed by atoms with Crippen LogP contribution in [0.4, 0.5) is 4.79 Å². The Morgan fingerprint density at radius 3 is 2.48 bits per heavy atom. The molecule has 3 nitrogen and oxygen atoms in total. The number of imide groups is 1. The number of thioether (sulfide) groups is 1. The average Bonchev–Trinajstić information content (AvgIpc) is 3.09. The third-order valence-corrected chi connectivity index (χ3v) is 5.33. The lowest BCUT2D eigenvalue weighted by molar-refractivity contribution is -0.118. The van der Waals surface area contributed by atoms with Crippen molar-refractivity contribution in [3.63, 3.8) is 0 Å². The molecular formula is C19H15NO2S. The number of rotatable bonds is 3. The van der Waals surface area contributed by atoms with Crippen LogP contribution >= 0.6 is 11.8 Å². The molecular weight excluding hydrogens is 306 g/mol. The van der Waals surface area contributed by atoms with Crippen molar-refractivity contribution >= 4 is 34.1 Å². The quantitative estimate of drug-likeness (QED) is 0.933. The maximum atomic E-state index is 12.0. The minimum atomic E-state index is -0.331. The van der Waals surface area contributed by atoms with Gasteiger partial charge in [-0.15, -0.1) is 0 Å². The van der Waals surface area contributed by atoms with Crippen LogP contribution in [0.3, 0.4) is 0 Å². The second-order valence-corrected chi connectivity index (χ2v) is 6.92. The molecule has 23 heavy (non-hydrogen) atoms. The van der Waals surface area contributed by atoms with Crippen molar-refractivity contribution in [1.82, 2.24) is 5.32 Å². The molecule has 1 aliphatic heterocycles. The molecule has 0 radical (unpaired) electrons. The fraction of sp³-hybridized carbons (Fsp3) is 0.158.